The standard InChI is InChI=1S/C23H24FN5O/c1-14-8-9-17(24)23-22(14)16(15(2)28-23)10-11-25-20-12-21(27-13-26-20)29-18-6-4-5-7-19(18)30-3/h4-9,12-13,28H,10-11H2,1-3H3,(H2,25,26,27,29). The van der Waals surface area contributed by atoms with Crippen LogP contribution in [0.3, 0.4) is 0 Å². The summed E-state index contributed by atoms with van der Waals surface area (Å²) in [5.41, 5.74) is 4.58. The lowest BCUT2D eigenvalue weighted by atomic mass is 10.0. The molecule has 6 nitrogen and oxygen atoms in total. The molecule has 4 aromatic rings. The minimum absolute atomic E-state index is 0.222. The molecule has 30 heavy (non-hydrogen) atoms. The molecule has 0 spiro atoms. The minimum Gasteiger partial charge on any atom is -0.495 e. The summed E-state index contributed by atoms with van der Waals surface area (Å²) in [5.74, 6) is 1.89. The number of fused-ring (bicyclic) bond motifs is 1. The highest BCUT2D eigenvalue weighted by atomic mass is 19.1. The van der Waals surface area contributed by atoms with Crippen molar-refractivity contribution in [2.24, 2.45) is 0 Å². The SMILES string of the molecule is COc1ccccc1Nc1cc(NCCc2c(C)[nH]c3c(F)ccc(C)c23)ncn1. The smallest absolute Gasteiger partial charge is 0.147 e. The van der Waals surface area contributed by atoms with Crippen LogP contribution < -0.4 is 15.4 Å². The molecule has 0 amide bonds. The number of halogens is 1. The molecule has 3 N–H and O–H groups in total. The summed E-state index contributed by atoms with van der Waals surface area (Å²) < 4.78 is 19.5. The molecular formula is C23H24FN5O. The third kappa shape index (κ3) is 3.91. The van der Waals surface area contributed by atoms with Gasteiger partial charge >= 0.3 is 0 Å². The molecule has 0 saturated heterocycles. The van der Waals surface area contributed by atoms with Crippen LogP contribution in [0.4, 0.5) is 21.7 Å². The van der Waals surface area contributed by atoms with Gasteiger partial charge in [0.05, 0.1) is 18.3 Å². The third-order valence-corrected chi connectivity index (χ3v) is 5.15. The van der Waals surface area contributed by atoms with Gasteiger partial charge in [-0.2, -0.15) is 0 Å². The van der Waals surface area contributed by atoms with Crippen LogP contribution in [0.15, 0.2) is 48.8 Å². The first-order chi connectivity index (χ1) is 14.6. The van der Waals surface area contributed by atoms with Gasteiger partial charge in [-0.25, -0.2) is 14.4 Å². The number of rotatable bonds is 7. The quantitative estimate of drug-likeness (QED) is 0.398. The summed E-state index contributed by atoms with van der Waals surface area (Å²) in [6.07, 6.45) is 2.26. The number of aryl methyl sites for hydroxylation is 2. The summed E-state index contributed by atoms with van der Waals surface area (Å²) >= 11 is 0. The Morgan fingerprint density at radius 1 is 1.07 bits per heavy atom. The average Bonchev–Trinajstić information content (AvgIpc) is 3.09. The number of methoxy groups -OCH3 is 1. The molecule has 0 atom stereocenters. The molecule has 154 valence electrons. The molecule has 2 heterocycles. The largest absolute Gasteiger partial charge is 0.495 e. The van der Waals surface area contributed by atoms with Crippen molar-refractivity contribution in [3.05, 3.63) is 71.4 Å². The second-order valence-corrected chi connectivity index (χ2v) is 7.13. The van der Waals surface area contributed by atoms with Gasteiger partial charge in [0.25, 0.3) is 0 Å². The summed E-state index contributed by atoms with van der Waals surface area (Å²) in [4.78, 5) is 11.8. The molecule has 2 aromatic heterocycles. The number of anilines is 3. The Kier molecular flexibility index (Phi) is 5.52. The van der Waals surface area contributed by atoms with Gasteiger partial charge < -0.3 is 20.4 Å². The zero-order chi connectivity index (χ0) is 21.1. The first kappa shape index (κ1) is 19.7. The van der Waals surface area contributed by atoms with Crippen LogP contribution >= 0.6 is 0 Å². The predicted molar refractivity (Wildman–Crippen MR) is 118 cm³/mol. The van der Waals surface area contributed by atoms with E-state index in [1.165, 1.54) is 12.4 Å². The Bertz CT molecular complexity index is 1190. The average molecular weight is 405 g/mol. The van der Waals surface area contributed by atoms with Crippen LogP contribution in [0.5, 0.6) is 5.75 Å². The van der Waals surface area contributed by atoms with E-state index >= 15 is 0 Å². The van der Waals surface area contributed by atoms with Gasteiger partial charge in [-0.1, -0.05) is 18.2 Å². The summed E-state index contributed by atoms with van der Waals surface area (Å²) in [5, 5.41) is 7.55. The number of aromatic nitrogens is 3. The minimum atomic E-state index is -0.222. The second-order valence-electron chi connectivity index (χ2n) is 7.13. The molecule has 0 saturated carbocycles. The number of para-hydroxylation sites is 2. The van der Waals surface area contributed by atoms with Gasteiger partial charge in [-0.3, -0.25) is 0 Å². The maximum absolute atomic E-state index is 14.1. The van der Waals surface area contributed by atoms with Crippen molar-refractivity contribution < 1.29 is 9.13 Å². The van der Waals surface area contributed by atoms with E-state index in [1.54, 1.807) is 7.11 Å². The zero-order valence-electron chi connectivity index (χ0n) is 17.2. The fourth-order valence-corrected chi connectivity index (χ4v) is 3.68. The number of ether oxygens (including phenoxy) is 1. The molecule has 2 aromatic carbocycles. The van der Waals surface area contributed by atoms with Crippen LogP contribution in [-0.4, -0.2) is 28.6 Å². The van der Waals surface area contributed by atoms with Crippen molar-refractivity contribution in [2.45, 2.75) is 20.3 Å². The van der Waals surface area contributed by atoms with Crippen molar-refractivity contribution in [2.75, 3.05) is 24.3 Å². The molecular weight excluding hydrogens is 381 g/mol. The Hall–Kier alpha value is -3.61. The number of H-pyrrole nitrogens is 1. The van der Waals surface area contributed by atoms with E-state index in [1.807, 2.05) is 50.2 Å². The van der Waals surface area contributed by atoms with Gasteiger partial charge in [0, 0.05) is 23.7 Å². The van der Waals surface area contributed by atoms with Crippen molar-refractivity contribution in [3.8, 4) is 5.75 Å². The lowest BCUT2D eigenvalue weighted by Gasteiger charge is -2.11. The molecule has 0 bridgehead atoms. The van der Waals surface area contributed by atoms with Crippen LogP contribution in [0, 0.1) is 19.7 Å². The van der Waals surface area contributed by atoms with Gasteiger partial charge in [0.2, 0.25) is 0 Å². The number of hydrogen-bond acceptors (Lipinski definition) is 5. The highest BCUT2D eigenvalue weighted by Gasteiger charge is 2.13. The normalized spacial score (nSPS) is 10.9. The van der Waals surface area contributed by atoms with Crippen LogP contribution in [0.2, 0.25) is 0 Å². The van der Waals surface area contributed by atoms with Crippen LogP contribution in [-0.2, 0) is 6.42 Å². The summed E-state index contributed by atoms with van der Waals surface area (Å²) in [7, 11) is 1.63. The van der Waals surface area contributed by atoms with Gasteiger partial charge in [0.1, 0.15) is 29.5 Å². The van der Waals surface area contributed by atoms with Gasteiger partial charge in [-0.15, -0.1) is 0 Å². The monoisotopic (exact) mass is 405 g/mol. The predicted octanol–water partition coefficient (Wildman–Crippen LogP) is 5.12. The molecule has 0 aliphatic rings. The first-order valence-electron chi connectivity index (χ1n) is 9.79. The van der Waals surface area contributed by atoms with Crippen LogP contribution in [0.25, 0.3) is 10.9 Å². The van der Waals surface area contributed by atoms with Crippen LogP contribution in [0.1, 0.15) is 16.8 Å². The maximum Gasteiger partial charge on any atom is 0.147 e. The third-order valence-electron chi connectivity index (χ3n) is 5.15. The van der Waals surface area contributed by atoms with E-state index in [-0.39, 0.29) is 5.82 Å². The van der Waals surface area contributed by atoms with Gasteiger partial charge in [-0.05, 0) is 49.6 Å². The van der Waals surface area contributed by atoms with Crippen molar-refractivity contribution in [3.63, 3.8) is 0 Å². The number of benzene rings is 2. The van der Waals surface area contributed by atoms with E-state index < -0.39 is 0 Å². The molecule has 0 aliphatic heterocycles. The van der Waals surface area contributed by atoms with E-state index in [9.17, 15) is 4.39 Å². The van der Waals surface area contributed by atoms with E-state index in [0.29, 0.717) is 23.7 Å². The van der Waals surface area contributed by atoms with E-state index in [0.717, 1.165) is 40.1 Å². The lowest BCUT2D eigenvalue weighted by Crippen LogP contribution is -2.08. The molecule has 4 rings (SSSR count). The van der Waals surface area contributed by atoms with E-state index in [2.05, 4.69) is 25.6 Å². The van der Waals surface area contributed by atoms with Crippen molar-refractivity contribution in [1.29, 1.82) is 0 Å². The first-order valence-corrected chi connectivity index (χ1v) is 9.79. The zero-order valence-corrected chi connectivity index (χ0v) is 17.2. The maximum atomic E-state index is 14.1. The topological polar surface area (TPSA) is 74.9 Å². The van der Waals surface area contributed by atoms with E-state index in [4.69, 9.17) is 4.74 Å². The molecule has 0 radical (unpaired) electrons. The Balaban J connectivity index is 1.47. The number of nitrogens with zero attached hydrogens (tertiary/aromatic N) is 2. The number of nitrogens with one attached hydrogen (secondary N) is 3. The Labute approximate surface area is 174 Å². The fraction of sp³-hybridized carbons (Fsp3) is 0.217. The highest BCUT2D eigenvalue weighted by Crippen LogP contribution is 2.29. The molecule has 7 heteroatoms. The molecule has 0 aliphatic carbocycles. The second kappa shape index (κ2) is 8.41. The molecule has 0 unspecified atom stereocenters. The fourth-order valence-electron chi connectivity index (χ4n) is 3.68. The van der Waals surface area contributed by atoms with Gasteiger partial charge in [0.15, 0.2) is 0 Å². The number of aromatic amines is 1. The highest BCUT2D eigenvalue weighted by molar-refractivity contribution is 5.88. The van der Waals surface area contributed by atoms with Crippen molar-refractivity contribution in [1.82, 2.24) is 15.0 Å². The molecule has 0 fully saturated rings. The Morgan fingerprint density at radius 2 is 1.87 bits per heavy atom. The number of hydrogen-bond donors (Lipinski definition) is 3. The lowest BCUT2D eigenvalue weighted by molar-refractivity contribution is 0.417. The summed E-state index contributed by atoms with van der Waals surface area (Å²) in [6.45, 7) is 4.65. The Morgan fingerprint density at radius 3 is 2.70 bits per heavy atom. The summed E-state index contributed by atoms with van der Waals surface area (Å²) in [6, 6.07) is 12.8. The van der Waals surface area contributed by atoms with Crippen molar-refractivity contribution >= 4 is 28.2 Å².